The van der Waals surface area contributed by atoms with Gasteiger partial charge < -0.3 is 34.3 Å². The normalized spacial score (nSPS) is 20.9. The average Bonchev–Trinajstić information content (AvgIpc) is 3.13. The first-order valence-electron chi connectivity index (χ1n) is 18.3. The van der Waals surface area contributed by atoms with Crippen LogP contribution in [0.2, 0.25) is 0 Å². The smallest absolute Gasteiger partial charge is 0.408 e. The predicted molar refractivity (Wildman–Crippen MR) is 210 cm³/mol. The summed E-state index contributed by atoms with van der Waals surface area (Å²) in [7, 11) is 0. The van der Waals surface area contributed by atoms with Crippen molar-refractivity contribution in [3.63, 3.8) is 0 Å². The fourth-order valence-electron chi connectivity index (χ4n) is 5.78. The van der Waals surface area contributed by atoms with E-state index in [4.69, 9.17) is 63.5 Å². The molecule has 15 nitrogen and oxygen atoms in total. The first kappa shape index (κ1) is 45.0. The molecule has 0 spiro atoms. The predicted octanol–water partition coefficient (Wildman–Crippen LogP) is 5.10. The molecule has 0 aliphatic carbocycles. The van der Waals surface area contributed by atoms with Crippen LogP contribution in [0, 0.1) is 5.92 Å². The van der Waals surface area contributed by atoms with E-state index in [9.17, 15) is 24.0 Å². The molecule has 0 radical (unpaired) electrons. The number of esters is 2. The highest BCUT2D eigenvalue weighted by molar-refractivity contribution is 6.67. The summed E-state index contributed by atoms with van der Waals surface area (Å²) in [5.41, 5.74) is 2.45. The number of carbonyl (C=O) groups excluding carboxylic acids is 5. The Morgan fingerprint density at radius 3 is 2.41 bits per heavy atom. The van der Waals surface area contributed by atoms with Gasteiger partial charge in [0.25, 0.3) is 11.8 Å². The summed E-state index contributed by atoms with van der Waals surface area (Å²) in [5, 5.41) is 7.51. The van der Waals surface area contributed by atoms with Crippen molar-refractivity contribution in [1.29, 1.82) is 0 Å². The lowest BCUT2D eigenvalue weighted by molar-refractivity contribution is -0.195. The summed E-state index contributed by atoms with van der Waals surface area (Å²) < 4.78 is 26.1. The van der Waals surface area contributed by atoms with Gasteiger partial charge in [-0.2, -0.15) is 0 Å². The van der Waals surface area contributed by atoms with Crippen LogP contribution in [0.25, 0.3) is 17.0 Å². The summed E-state index contributed by atoms with van der Waals surface area (Å²) in [6, 6.07) is 6.91. The van der Waals surface area contributed by atoms with E-state index in [1.54, 1.807) is 47.6 Å². The van der Waals surface area contributed by atoms with Gasteiger partial charge in [-0.05, 0) is 77.2 Å². The van der Waals surface area contributed by atoms with Crippen LogP contribution in [0.4, 0.5) is 4.79 Å². The molecule has 2 fully saturated rings. The number of alkyl halides is 3. The number of hydrogen-bond acceptors (Lipinski definition) is 12. The minimum atomic E-state index is -1.79. The average molecular weight is 843 g/mol. The number of hydrogen-bond donors (Lipinski definition) is 3. The van der Waals surface area contributed by atoms with Gasteiger partial charge in [0, 0.05) is 11.9 Å². The molecule has 3 amide bonds. The van der Waals surface area contributed by atoms with Crippen LogP contribution in [-0.4, -0.2) is 106 Å². The largest absolute Gasteiger partial charge is 0.460 e. The Hall–Kier alpha value is -3.73. The molecule has 5 atom stereocenters. The Labute approximate surface area is 341 Å². The van der Waals surface area contributed by atoms with Crippen LogP contribution >= 0.6 is 34.8 Å². The Morgan fingerprint density at radius 2 is 1.77 bits per heavy atom. The maximum absolute atomic E-state index is 13.9. The number of rotatable bonds is 12. The van der Waals surface area contributed by atoms with E-state index in [1.165, 1.54) is 18.0 Å². The molecule has 18 heteroatoms. The third-order valence-electron chi connectivity index (χ3n) is 8.65. The van der Waals surface area contributed by atoms with Crippen LogP contribution in [0.3, 0.4) is 0 Å². The molecule has 56 heavy (non-hydrogen) atoms. The van der Waals surface area contributed by atoms with E-state index < -0.39 is 81.6 Å². The number of alkyl carbamates (subject to hydrolysis) is 1. The monoisotopic (exact) mass is 841 g/mol. The van der Waals surface area contributed by atoms with Crippen molar-refractivity contribution in [2.24, 2.45) is 5.92 Å². The van der Waals surface area contributed by atoms with E-state index >= 15 is 0 Å². The van der Waals surface area contributed by atoms with Crippen molar-refractivity contribution in [2.45, 2.75) is 101 Å². The molecule has 0 bridgehead atoms. The zero-order valence-electron chi connectivity index (χ0n) is 32.5. The number of amides is 3. The number of nitrogens with zero attached hydrogens (tertiary/aromatic N) is 2. The van der Waals surface area contributed by atoms with Crippen molar-refractivity contribution in [3.05, 3.63) is 47.7 Å². The molecule has 3 heterocycles. The van der Waals surface area contributed by atoms with Crippen LogP contribution in [0.1, 0.15) is 78.6 Å². The topological polar surface area (TPSA) is 184 Å². The fraction of sp³-hybridized carbons (Fsp3) is 0.579. The van der Waals surface area contributed by atoms with Crippen molar-refractivity contribution in [1.82, 2.24) is 26.1 Å². The number of hydrazine groups is 1. The molecule has 2 saturated heterocycles. The Morgan fingerprint density at radius 1 is 1.05 bits per heavy atom. The Kier molecular flexibility index (Phi) is 15.4. The number of aromatic nitrogens is 1. The maximum atomic E-state index is 13.9. The zero-order chi connectivity index (χ0) is 41.4. The number of ether oxygens (including phenoxy) is 5. The Bertz CT molecular complexity index is 1770. The quantitative estimate of drug-likeness (QED) is 0.146. The van der Waals surface area contributed by atoms with Gasteiger partial charge in [0.05, 0.1) is 37.1 Å². The molecule has 2 aromatic rings. The molecule has 2 aliphatic heterocycles. The van der Waals surface area contributed by atoms with Crippen molar-refractivity contribution in [2.75, 3.05) is 33.0 Å². The minimum absolute atomic E-state index is 0.0938. The van der Waals surface area contributed by atoms with Crippen LogP contribution in [0.15, 0.2) is 36.4 Å². The van der Waals surface area contributed by atoms with Crippen molar-refractivity contribution >= 4 is 81.6 Å². The van der Waals surface area contributed by atoms with E-state index in [1.807, 2.05) is 30.3 Å². The number of halogens is 3. The van der Waals surface area contributed by atoms with Gasteiger partial charge in [0.1, 0.15) is 24.3 Å². The molecule has 3 N–H and O–H groups in total. The first-order chi connectivity index (χ1) is 26.2. The number of benzene rings is 1. The summed E-state index contributed by atoms with van der Waals surface area (Å²) >= 11 is 17.0. The van der Waals surface area contributed by atoms with Gasteiger partial charge in [-0.25, -0.2) is 15.0 Å². The lowest BCUT2D eigenvalue weighted by atomic mass is 10.0. The van der Waals surface area contributed by atoms with E-state index in [2.05, 4.69) is 16.1 Å². The second-order valence-electron chi connectivity index (χ2n) is 15.0. The first-order valence-corrected chi connectivity index (χ1v) is 19.4. The highest BCUT2D eigenvalue weighted by Crippen LogP contribution is 2.27. The van der Waals surface area contributed by atoms with Gasteiger partial charge >= 0.3 is 18.0 Å². The number of carbonyl (C=O) groups is 5. The van der Waals surface area contributed by atoms with Crippen LogP contribution in [-0.2, 0) is 42.9 Å². The standard InChI is InChI=1S/C38H50Cl3N5O10/c1-22(2)30(31(47)42-24(4)32(48)46-16-8-9-28(45-46)33(49)53-21-38(39,40)41)55-34(50)37(20-52-17-18-54-37)15-14-25-10-11-26-12-13-27(44-29(26)19-25)23(3)43-35(51)56-36(5,6)7/h10-15,19,22-24,28,30,45H,8-9,16-18,20-21H2,1-7H3,(H,42,47)(H,43,51)/b15-14+/t23-,24+,28+,30?,37?/m1/s1. The molecule has 4 rings (SSSR count). The van der Waals surface area contributed by atoms with Gasteiger partial charge in [-0.3, -0.25) is 24.4 Å². The molecular weight excluding hydrogens is 793 g/mol. The third kappa shape index (κ3) is 12.9. The van der Waals surface area contributed by atoms with Crippen LogP contribution < -0.4 is 16.1 Å². The highest BCUT2D eigenvalue weighted by Gasteiger charge is 2.44. The number of pyridine rings is 1. The highest BCUT2D eigenvalue weighted by atomic mass is 35.6. The van der Waals surface area contributed by atoms with Crippen molar-refractivity contribution in [3.8, 4) is 0 Å². The molecule has 1 aromatic heterocycles. The van der Waals surface area contributed by atoms with Gasteiger partial charge in [0.15, 0.2) is 6.10 Å². The molecule has 308 valence electrons. The van der Waals surface area contributed by atoms with Gasteiger partial charge in [0.2, 0.25) is 9.39 Å². The lowest BCUT2D eigenvalue weighted by Crippen LogP contribution is -2.60. The molecule has 0 saturated carbocycles. The number of nitrogens with one attached hydrogen (secondary N) is 3. The minimum Gasteiger partial charge on any atom is -0.460 e. The second kappa shape index (κ2) is 19.1. The SMILES string of the molecule is CC(C)C(OC(=O)C1(/C=C/c2ccc3ccc([C@@H](C)NC(=O)OC(C)(C)C)nc3c2)COCCO1)C(=O)N[C@@H](C)C(=O)N1CCC[C@@H](C(=O)OCC(Cl)(Cl)Cl)N1. The summed E-state index contributed by atoms with van der Waals surface area (Å²) in [5.74, 6) is -3.27. The summed E-state index contributed by atoms with van der Waals surface area (Å²) in [4.78, 5) is 70.3. The maximum Gasteiger partial charge on any atom is 0.408 e. The number of fused-ring (bicyclic) bond motifs is 1. The molecular formula is C38H50Cl3N5O10. The van der Waals surface area contributed by atoms with E-state index in [0.717, 1.165) is 5.39 Å². The van der Waals surface area contributed by atoms with Gasteiger partial charge in [-0.1, -0.05) is 72.9 Å². The van der Waals surface area contributed by atoms with Crippen molar-refractivity contribution < 1.29 is 47.7 Å². The molecule has 2 aliphatic rings. The zero-order valence-corrected chi connectivity index (χ0v) is 34.8. The third-order valence-corrected chi connectivity index (χ3v) is 8.98. The molecule has 2 unspecified atom stereocenters. The van der Waals surface area contributed by atoms with E-state index in [-0.39, 0.29) is 26.4 Å². The molecule has 1 aromatic carbocycles. The second-order valence-corrected chi connectivity index (χ2v) is 17.5. The van der Waals surface area contributed by atoms with Crippen LogP contribution in [0.5, 0.6) is 0 Å². The van der Waals surface area contributed by atoms with Gasteiger partial charge in [-0.15, -0.1) is 0 Å². The summed E-state index contributed by atoms with van der Waals surface area (Å²) in [6.45, 7) is 12.0. The summed E-state index contributed by atoms with van der Waals surface area (Å²) in [6.07, 6.45) is 2.21. The lowest BCUT2D eigenvalue weighted by Gasteiger charge is -2.35. The Balaban J connectivity index is 1.44. The van der Waals surface area contributed by atoms with E-state index in [0.29, 0.717) is 29.6 Å². The fourth-order valence-corrected chi connectivity index (χ4v) is 5.94.